The first-order chi connectivity index (χ1) is 9.42. The lowest BCUT2D eigenvalue weighted by Crippen LogP contribution is -2.12. The van der Waals surface area contributed by atoms with Gasteiger partial charge in [0.2, 0.25) is 6.29 Å². The predicted molar refractivity (Wildman–Crippen MR) is 73.7 cm³/mol. The number of ether oxygens (including phenoxy) is 1. The van der Waals surface area contributed by atoms with Crippen LogP contribution < -0.4 is 0 Å². The van der Waals surface area contributed by atoms with Gasteiger partial charge in [-0.2, -0.15) is 0 Å². The van der Waals surface area contributed by atoms with Crippen LogP contribution in [0.25, 0.3) is 0 Å². The van der Waals surface area contributed by atoms with E-state index in [0.717, 1.165) is 16.8 Å². The van der Waals surface area contributed by atoms with E-state index < -0.39 is 0 Å². The molecule has 0 aliphatic carbocycles. The first-order valence-corrected chi connectivity index (χ1v) is 6.35. The number of oxime groups is 1. The summed E-state index contributed by atoms with van der Waals surface area (Å²) in [6, 6.07) is 20.1. The van der Waals surface area contributed by atoms with Crippen LogP contribution in [0.2, 0.25) is 0 Å². The second-order valence-corrected chi connectivity index (χ2v) is 4.44. The lowest BCUT2D eigenvalue weighted by Gasteiger charge is -2.09. The summed E-state index contributed by atoms with van der Waals surface area (Å²) in [6.45, 7) is 0.545. The van der Waals surface area contributed by atoms with Crippen LogP contribution in [-0.2, 0) is 16.2 Å². The Hall–Kier alpha value is -2.13. The van der Waals surface area contributed by atoms with Gasteiger partial charge < -0.3 is 9.57 Å². The maximum Gasteiger partial charge on any atom is 0.232 e. The van der Waals surface area contributed by atoms with E-state index in [1.54, 1.807) is 0 Å². The van der Waals surface area contributed by atoms with Crippen molar-refractivity contribution in [3.05, 3.63) is 71.8 Å². The van der Waals surface area contributed by atoms with E-state index in [-0.39, 0.29) is 6.29 Å². The average molecular weight is 253 g/mol. The van der Waals surface area contributed by atoms with Crippen LogP contribution >= 0.6 is 0 Å². The maximum absolute atomic E-state index is 5.70. The molecule has 2 aromatic carbocycles. The van der Waals surface area contributed by atoms with E-state index in [2.05, 4.69) is 5.16 Å². The fourth-order valence-electron chi connectivity index (χ4n) is 2.01. The van der Waals surface area contributed by atoms with Crippen LogP contribution in [0, 0.1) is 0 Å². The SMILES string of the molecule is c1ccc(COC2CC(c3ccccc3)=NO2)cc1. The molecule has 3 heteroatoms. The van der Waals surface area contributed by atoms with Gasteiger partial charge in [0.25, 0.3) is 0 Å². The van der Waals surface area contributed by atoms with Crippen LogP contribution in [0.4, 0.5) is 0 Å². The van der Waals surface area contributed by atoms with Crippen molar-refractivity contribution in [2.45, 2.75) is 19.3 Å². The highest BCUT2D eigenvalue weighted by Crippen LogP contribution is 2.18. The van der Waals surface area contributed by atoms with Crippen molar-refractivity contribution < 1.29 is 9.57 Å². The zero-order valence-electron chi connectivity index (χ0n) is 10.5. The third kappa shape index (κ3) is 3.01. The highest BCUT2D eigenvalue weighted by molar-refractivity contribution is 6.01. The third-order valence-electron chi connectivity index (χ3n) is 3.03. The zero-order chi connectivity index (χ0) is 12.9. The first kappa shape index (κ1) is 11.9. The molecule has 0 saturated carbocycles. The van der Waals surface area contributed by atoms with Crippen molar-refractivity contribution in [3.63, 3.8) is 0 Å². The number of benzene rings is 2. The molecule has 1 unspecified atom stereocenters. The minimum atomic E-state index is -0.282. The molecule has 1 aliphatic heterocycles. The summed E-state index contributed by atoms with van der Waals surface area (Å²) in [6.07, 6.45) is 0.409. The number of hydrogen-bond acceptors (Lipinski definition) is 3. The normalized spacial score (nSPS) is 17.9. The van der Waals surface area contributed by atoms with Crippen LogP contribution in [-0.4, -0.2) is 12.0 Å². The Morgan fingerprint density at radius 2 is 1.68 bits per heavy atom. The van der Waals surface area contributed by atoms with E-state index in [9.17, 15) is 0 Å². The van der Waals surface area contributed by atoms with Gasteiger partial charge in [0.1, 0.15) is 0 Å². The van der Waals surface area contributed by atoms with Crippen molar-refractivity contribution in [2.24, 2.45) is 5.16 Å². The molecular weight excluding hydrogens is 238 g/mol. The van der Waals surface area contributed by atoms with Crippen molar-refractivity contribution in [2.75, 3.05) is 0 Å². The molecule has 1 heterocycles. The van der Waals surface area contributed by atoms with E-state index in [1.807, 2.05) is 60.7 Å². The van der Waals surface area contributed by atoms with E-state index >= 15 is 0 Å². The highest BCUT2D eigenvalue weighted by Gasteiger charge is 2.22. The number of nitrogens with zero attached hydrogens (tertiary/aromatic N) is 1. The maximum atomic E-state index is 5.70. The van der Waals surface area contributed by atoms with E-state index in [0.29, 0.717) is 13.0 Å². The molecule has 1 aliphatic rings. The van der Waals surface area contributed by atoms with Crippen LogP contribution in [0.3, 0.4) is 0 Å². The smallest absolute Gasteiger partial charge is 0.232 e. The van der Waals surface area contributed by atoms with Gasteiger partial charge >= 0.3 is 0 Å². The van der Waals surface area contributed by atoms with Gasteiger partial charge in [-0.1, -0.05) is 65.8 Å². The molecule has 0 fully saturated rings. The largest absolute Gasteiger partial charge is 0.363 e. The fraction of sp³-hybridized carbons (Fsp3) is 0.188. The van der Waals surface area contributed by atoms with Gasteiger partial charge in [-0.3, -0.25) is 0 Å². The highest BCUT2D eigenvalue weighted by atomic mass is 16.8. The molecule has 2 aromatic rings. The quantitative estimate of drug-likeness (QED) is 0.836. The minimum absolute atomic E-state index is 0.282. The summed E-state index contributed by atoms with van der Waals surface area (Å²) in [4.78, 5) is 5.31. The fourth-order valence-corrected chi connectivity index (χ4v) is 2.01. The third-order valence-corrected chi connectivity index (χ3v) is 3.03. The summed E-state index contributed by atoms with van der Waals surface area (Å²) in [5, 5.41) is 4.09. The lowest BCUT2D eigenvalue weighted by molar-refractivity contribution is -0.132. The molecule has 1 atom stereocenters. The predicted octanol–water partition coefficient (Wildman–Crippen LogP) is 3.35. The van der Waals surface area contributed by atoms with Crippen LogP contribution in [0.1, 0.15) is 17.5 Å². The monoisotopic (exact) mass is 253 g/mol. The van der Waals surface area contributed by atoms with Gasteiger partial charge in [-0.05, 0) is 11.1 Å². The molecule has 0 bridgehead atoms. The standard InChI is InChI=1S/C16H15NO2/c1-3-7-13(8-4-1)12-18-16-11-15(17-19-16)14-9-5-2-6-10-14/h1-10,16H,11-12H2. The lowest BCUT2D eigenvalue weighted by atomic mass is 10.1. The summed E-state index contributed by atoms with van der Waals surface area (Å²) in [7, 11) is 0. The Morgan fingerprint density at radius 3 is 2.42 bits per heavy atom. The van der Waals surface area contributed by atoms with Crippen molar-refractivity contribution in [1.82, 2.24) is 0 Å². The van der Waals surface area contributed by atoms with Gasteiger partial charge in [-0.25, -0.2) is 0 Å². The van der Waals surface area contributed by atoms with Crippen LogP contribution in [0.5, 0.6) is 0 Å². The second kappa shape index (κ2) is 5.67. The molecule has 0 saturated heterocycles. The minimum Gasteiger partial charge on any atom is -0.363 e. The zero-order valence-corrected chi connectivity index (χ0v) is 10.5. The topological polar surface area (TPSA) is 30.8 Å². The molecule has 96 valence electrons. The summed E-state index contributed by atoms with van der Waals surface area (Å²) in [5.41, 5.74) is 3.17. The molecule has 3 nitrogen and oxygen atoms in total. The van der Waals surface area contributed by atoms with Crippen molar-refractivity contribution >= 4 is 5.71 Å². The van der Waals surface area contributed by atoms with Crippen molar-refractivity contribution in [3.8, 4) is 0 Å². The van der Waals surface area contributed by atoms with E-state index in [4.69, 9.17) is 9.57 Å². The number of hydrogen-bond donors (Lipinski definition) is 0. The first-order valence-electron chi connectivity index (χ1n) is 6.35. The van der Waals surface area contributed by atoms with Crippen LogP contribution in [0.15, 0.2) is 65.8 Å². The summed E-state index contributed by atoms with van der Waals surface area (Å²) in [5.74, 6) is 0. The average Bonchev–Trinajstić information content (AvgIpc) is 2.96. The second-order valence-electron chi connectivity index (χ2n) is 4.44. The van der Waals surface area contributed by atoms with Crippen molar-refractivity contribution in [1.29, 1.82) is 0 Å². The molecule has 0 spiro atoms. The molecule has 0 radical (unpaired) electrons. The summed E-state index contributed by atoms with van der Waals surface area (Å²) >= 11 is 0. The Bertz CT molecular complexity index is 551. The Balaban J connectivity index is 1.54. The van der Waals surface area contributed by atoms with Gasteiger partial charge in [0, 0.05) is 0 Å². The molecule has 0 aromatic heterocycles. The Kier molecular flexibility index (Phi) is 3.56. The molecular formula is C16H15NO2. The number of rotatable bonds is 4. The van der Waals surface area contributed by atoms with Gasteiger partial charge in [0.15, 0.2) is 0 Å². The molecule has 0 amide bonds. The molecule has 3 rings (SSSR count). The summed E-state index contributed by atoms with van der Waals surface area (Å²) < 4.78 is 5.70. The molecule has 0 N–H and O–H groups in total. The molecule has 19 heavy (non-hydrogen) atoms. The Labute approximate surface area is 112 Å². The van der Waals surface area contributed by atoms with E-state index in [1.165, 1.54) is 0 Å². The van der Waals surface area contributed by atoms with Gasteiger partial charge in [0.05, 0.1) is 18.7 Å². The van der Waals surface area contributed by atoms with Gasteiger partial charge in [-0.15, -0.1) is 0 Å². The Morgan fingerprint density at radius 1 is 1.00 bits per heavy atom.